The summed E-state index contributed by atoms with van der Waals surface area (Å²) >= 11 is 0. The molecular weight excluding hydrogens is 188 g/mol. The molecule has 0 amide bonds. The first-order valence-electron chi connectivity index (χ1n) is 5.97. The summed E-state index contributed by atoms with van der Waals surface area (Å²) in [7, 11) is 0. The van der Waals surface area contributed by atoms with Crippen LogP contribution in [0.4, 0.5) is 0 Å². The Bertz CT molecular complexity index is 141. The quantitative estimate of drug-likeness (QED) is 0.480. The van der Waals surface area contributed by atoms with Gasteiger partial charge in [0, 0.05) is 6.42 Å². The van der Waals surface area contributed by atoms with Gasteiger partial charge >= 0.3 is 5.97 Å². The number of carboxylic acid groups (broad SMARTS) is 1. The van der Waals surface area contributed by atoms with Crippen LogP contribution in [0.15, 0.2) is 12.7 Å². The van der Waals surface area contributed by atoms with E-state index in [4.69, 9.17) is 5.11 Å². The van der Waals surface area contributed by atoms with Gasteiger partial charge in [0.25, 0.3) is 0 Å². The lowest BCUT2D eigenvalue weighted by atomic mass is 10.1. The molecule has 15 heavy (non-hydrogen) atoms. The maximum absolute atomic E-state index is 10.1. The van der Waals surface area contributed by atoms with Crippen molar-refractivity contribution in [3.05, 3.63) is 12.7 Å². The lowest BCUT2D eigenvalue weighted by Crippen LogP contribution is -1.93. The Hall–Kier alpha value is -0.790. The topological polar surface area (TPSA) is 37.3 Å². The van der Waals surface area contributed by atoms with Gasteiger partial charge in [0.2, 0.25) is 0 Å². The van der Waals surface area contributed by atoms with E-state index in [0.29, 0.717) is 6.42 Å². The minimum Gasteiger partial charge on any atom is -0.481 e. The average Bonchev–Trinajstić information content (AvgIpc) is 2.17. The third-order valence-electron chi connectivity index (χ3n) is 1.99. The van der Waals surface area contributed by atoms with Gasteiger partial charge in [0.1, 0.15) is 0 Å². The van der Waals surface area contributed by atoms with Gasteiger partial charge in [-0.15, -0.1) is 6.58 Å². The predicted molar refractivity (Wildman–Crippen MR) is 66.1 cm³/mol. The zero-order chi connectivity index (χ0) is 11.9. The fourth-order valence-electron chi connectivity index (χ4n) is 1.23. The summed E-state index contributed by atoms with van der Waals surface area (Å²) in [6, 6.07) is 0. The van der Waals surface area contributed by atoms with Crippen LogP contribution in [0.5, 0.6) is 0 Å². The molecule has 0 aliphatic heterocycles. The number of unbranched alkanes of at least 4 members (excludes halogenated alkanes) is 6. The number of allylic oxidation sites excluding steroid dienone is 1. The molecule has 0 aliphatic carbocycles. The van der Waals surface area contributed by atoms with Crippen molar-refractivity contribution < 1.29 is 9.90 Å². The van der Waals surface area contributed by atoms with Gasteiger partial charge in [-0.25, -0.2) is 0 Å². The summed E-state index contributed by atoms with van der Waals surface area (Å²) in [6.45, 7) is 7.45. The maximum Gasteiger partial charge on any atom is 0.303 e. The van der Waals surface area contributed by atoms with E-state index in [2.05, 4.69) is 13.5 Å². The van der Waals surface area contributed by atoms with Crippen LogP contribution in [0.2, 0.25) is 0 Å². The first-order valence-corrected chi connectivity index (χ1v) is 5.97. The molecule has 1 N–H and O–H groups in total. The number of hydrogen-bond acceptors (Lipinski definition) is 1. The molecule has 0 rings (SSSR count). The second-order valence-electron chi connectivity index (χ2n) is 3.67. The van der Waals surface area contributed by atoms with Gasteiger partial charge in [-0.05, 0) is 13.3 Å². The molecule has 0 radical (unpaired) electrons. The first kappa shape index (κ1) is 16.6. The predicted octanol–water partition coefficient (Wildman–Crippen LogP) is 4.40. The third-order valence-corrected chi connectivity index (χ3v) is 1.99. The summed E-state index contributed by atoms with van der Waals surface area (Å²) in [5.41, 5.74) is 0. The van der Waals surface area contributed by atoms with Crippen LogP contribution in [0.25, 0.3) is 0 Å². The molecule has 0 aliphatic rings. The third kappa shape index (κ3) is 24.6. The van der Waals surface area contributed by atoms with Gasteiger partial charge in [-0.1, -0.05) is 51.5 Å². The van der Waals surface area contributed by atoms with E-state index in [9.17, 15) is 4.79 Å². The summed E-state index contributed by atoms with van der Waals surface area (Å²) in [4.78, 5) is 10.1. The largest absolute Gasteiger partial charge is 0.481 e. The standard InChI is InChI=1S/C10H20O2.C3H6/c1-2-3-4-5-6-7-8-9-10(11)12;1-3-2/h2-9H2,1H3,(H,11,12);3H,1H2,2H3. The van der Waals surface area contributed by atoms with E-state index in [0.717, 1.165) is 12.8 Å². The van der Waals surface area contributed by atoms with Crippen molar-refractivity contribution in [3.8, 4) is 0 Å². The minimum absolute atomic E-state index is 0.341. The summed E-state index contributed by atoms with van der Waals surface area (Å²) < 4.78 is 0. The lowest BCUT2D eigenvalue weighted by Gasteiger charge is -1.98. The highest BCUT2D eigenvalue weighted by Gasteiger charge is 1.95. The van der Waals surface area contributed by atoms with Gasteiger partial charge in [0.15, 0.2) is 0 Å². The molecule has 0 spiro atoms. The normalized spacial score (nSPS) is 8.93. The number of carbonyl (C=O) groups is 1. The van der Waals surface area contributed by atoms with E-state index in [-0.39, 0.29) is 0 Å². The highest BCUT2D eigenvalue weighted by atomic mass is 16.4. The lowest BCUT2D eigenvalue weighted by molar-refractivity contribution is -0.137. The average molecular weight is 214 g/mol. The molecule has 0 atom stereocenters. The monoisotopic (exact) mass is 214 g/mol. The number of rotatable bonds is 8. The summed E-state index contributed by atoms with van der Waals surface area (Å²) in [6.07, 6.45) is 10.4. The van der Waals surface area contributed by atoms with Crippen LogP contribution in [0.3, 0.4) is 0 Å². The number of hydrogen-bond donors (Lipinski definition) is 1. The van der Waals surface area contributed by atoms with Crippen molar-refractivity contribution in [2.75, 3.05) is 0 Å². The number of aliphatic carboxylic acids is 1. The molecule has 0 fully saturated rings. The molecule has 90 valence electrons. The van der Waals surface area contributed by atoms with Crippen LogP contribution in [-0.2, 0) is 4.79 Å². The Morgan fingerprint density at radius 3 is 1.93 bits per heavy atom. The Balaban J connectivity index is 0. The van der Waals surface area contributed by atoms with Crippen LogP contribution < -0.4 is 0 Å². The fourth-order valence-corrected chi connectivity index (χ4v) is 1.23. The summed E-state index contributed by atoms with van der Waals surface area (Å²) in [5.74, 6) is -0.663. The Kier molecular flexibility index (Phi) is 17.4. The smallest absolute Gasteiger partial charge is 0.303 e. The zero-order valence-electron chi connectivity index (χ0n) is 10.3. The molecule has 0 saturated carbocycles. The second kappa shape index (κ2) is 15.7. The molecule has 0 aromatic carbocycles. The Morgan fingerprint density at radius 1 is 1.13 bits per heavy atom. The minimum atomic E-state index is -0.663. The summed E-state index contributed by atoms with van der Waals surface area (Å²) in [5, 5.41) is 8.35. The molecular formula is C13H26O2. The van der Waals surface area contributed by atoms with E-state index in [1.54, 1.807) is 6.08 Å². The van der Waals surface area contributed by atoms with Crippen molar-refractivity contribution in [1.82, 2.24) is 0 Å². The van der Waals surface area contributed by atoms with Crippen LogP contribution >= 0.6 is 0 Å². The molecule has 0 aromatic rings. The van der Waals surface area contributed by atoms with Crippen LogP contribution in [-0.4, -0.2) is 11.1 Å². The van der Waals surface area contributed by atoms with E-state index in [1.807, 2.05) is 6.92 Å². The molecule has 0 unspecified atom stereocenters. The molecule has 0 saturated heterocycles. The van der Waals surface area contributed by atoms with Crippen molar-refractivity contribution in [3.63, 3.8) is 0 Å². The van der Waals surface area contributed by atoms with Gasteiger partial charge in [0.05, 0.1) is 0 Å². The Labute approximate surface area is 94.4 Å². The molecule has 0 bridgehead atoms. The van der Waals surface area contributed by atoms with Gasteiger partial charge in [-0.2, -0.15) is 0 Å². The van der Waals surface area contributed by atoms with Crippen LogP contribution in [0, 0.1) is 0 Å². The first-order chi connectivity index (χ1) is 7.18. The maximum atomic E-state index is 10.1. The van der Waals surface area contributed by atoms with E-state index in [1.165, 1.54) is 32.1 Å². The molecule has 0 aromatic heterocycles. The van der Waals surface area contributed by atoms with Gasteiger partial charge in [-0.3, -0.25) is 4.79 Å². The molecule has 0 heterocycles. The van der Waals surface area contributed by atoms with E-state index >= 15 is 0 Å². The molecule has 2 nitrogen and oxygen atoms in total. The molecule has 2 heteroatoms. The van der Waals surface area contributed by atoms with Crippen LogP contribution in [0.1, 0.15) is 65.2 Å². The van der Waals surface area contributed by atoms with Gasteiger partial charge < -0.3 is 5.11 Å². The van der Waals surface area contributed by atoms with Crippen molar-refractivity contribution in [2.24, 2.45) is 0 Å². The fraction of sp³-hybridized carbons (Fsp3) is 0.769. The highest BCUT2D eigenvalue weighted by Crippen LogP contribution is 2.07. The number of carboxylic acids is 1. The van der Waals surface area contributed by atoms with Crippen molar-refractivity contribution in [2.45, 2.75) is 65.2 Å². The van der Waals surface area contributed by atoms with Crippen molar-refractivity contribution >= 4 is 5.97 Å². The van der Waals surface area contributed by atoms with E-state index < -0.39 is 5.97 Å². The zero-order valence-corrected chi connectivity index (χ0v) is 10.3. The highest BCUT2D eigenvalue weighted by molar-refractivity contribution is 5.66. The SMILES string of the molecule is C=CC.CCCCCCCCCC(=O)O. The Morgan fingerprint density at radius 2 is 1.53 bits per heavy atom. The second-order valence-corrected chi connectivity index (χ2v) is 3.67. The van der Waals surface area contributed by atoms with Crippen molar-refractivity contribution in [1.29, 1.82) is 0 Å².